The quantitative estimate of drug-likeness (QED) is 0.499. The summed E-state index contributed by atoms with van der Waals surface area (Å²) in [5, 5.41) is 0. The molecular formula is C14H16F10. The zero-order valence-electron chi connectivity index (χ0n) is 13.2. The van der Waals surface area contributed by atoms with Crippen molar-refractivity contribution >= 4 is 0 Å². The number of rotatable bonds is 0. The molecule has 0 N–H and O–H groups in total. The van der Waals surface area contributed by atoms with E-state index >= 15 is 8.78 Å². The van der Waals surface area contributed by atoms with E-state index in [1.807, 2.05) is 0 Å². The Morgan fingerprint density at radius 1 is 0.458 bits per heavy atom. The largest absolute Gasteiger partial charge is 0.349 e. The first-order chi connectivity index (χ1) is 10.2. The lowest BCUT2D eigenvalue weighted by Crippen LogP contribution is -2.93. The molecule has 6 unspecified atom stereocenters. The van der Waals surface area contributed by atoms with Crippen molar-refractivity contribution < 1.29 is 43.9 Å². The van der Waals surface area contributed by atoms with Crippen molar-refractivity contribution in [2.45, 2.75) is 86.4 Å². The Morgan fingerprint density at radius 3 is 0.875 bits per heavy atom. The van der Waals surface area contributed by atoms with Crippen LogP contribution >= 0.6 is 0 Å². The lowest BCUT2D eigenvalue weighted by atomic mass is 9.45. The average molecular weight is 374 g/mol. The SMILES string of the molecule is CC1(F)CCC(C)(F)C2(F)C(C)(F)C(F)(F)C(F)(F)C(C)(F)C12F. The van der Waals surface area contributed by atoms with Crippen molar-refractivity contribution in [1.29, 1.82) is 0 Å². The van der Waals surface area contributed by atoms with Crippen molar-refractivity contribution in [3.8, 4) is 0 Å². The van der Waals surface area contributed by atoms with Crippen LogP contribution in [0.3, 0.4) is 0 Å². The maximum atomic E-state index is 15.4. The van der Waals surface area contributed by atoms with Crippen LogP contribution in [0.4, 0.5) is 43.9 Å². The summed E-state index contributed by atoms with van der Waals surface area (Å²) in [4.78, 5) is 0. The molecule has 2 saturated carbocycles. The summed E-state index contributed by atoms with van der Waals surface area (Å²) < 4.78 is 145. The van der Waals surface area contributed by atoms with Crippen LogP contribution in [0.1, 0.15) is 40.5 Å². The van der Waals surface area contributed by atoms with Crippen LogP contribution in [-0.2, 0) is 0 Å². The fourth-order valence-electron chi connectivity index (χ4n) is 4.18. The van der Waals surface area contributed by atoms with E-state index in [-0.39, 0.29) is 13.8 Å². The summed E-state index contributed by atoms with van der Waals surface area (Å²) in [5.41, 5.74) is -28.6. The lowest BCUT2D eigenvalue weighted by Gasteiger charge is -2.67. The van der Waals surface area contributed by atoms with Gasteiger partial charge in [-0.25, -0.2) is 26.3 Å². The number of halogens is 10. The first kappa shape index (κ1) is 19.6. The third-order valence-corrected chi connectivity index (χ3v) is 5.84. The minimum atomic E-state index is -6.14. The molecule has 142 valence electrons. The van der Waals surface area contributed by atoms with E-state index in [0.29, 0.717) is 0 Å². The van der Waals surface area contributed by atoms with Crippen molar-refractivity contribution in [3.63, 3.8) is 0 Å². The van der Waals surface area contributed by atoms with Crippen molar-refractivity contribution in [2.24, 2.45) is 0 Å². The Labute approximate surface area is 131 Å². The molecule has 6 atom stereocenters. The van der Waals surface area contributed by atoms with Gasteiger partial charge in [0, 0.05) is 0 Å². The smallest absolute Gasteiger partial charge is 0.240 e. The highest BCUT2D eigenvalue weighted by Crippen LogP contribution is 2.75. The zero-order valence-corrected chi connectivity index (χ0v) is 13.2. The molecular weight excluding hydrogens is 358 g/mol. The molecule has 0 heterocycles. The van der Waals surface area contributed by atoms with Crippen LogP contribution in [-0.4, -0.2) is 45.9 Å². The van der Waals surface area contributed by atoms with Gasteiger partial charge >= 0.3 is 11.8 Å². The van der Waals surface area contributed by atoms with Gasteiger partial charge in [0.2, 0.25) is 22.7 Å². The highest BCUT2D eigenvalue weighted by molar-refractivity contribution is 5.41. The topological polar surface area (TPSA) is 0 Å². The molecule has 0 aromatic heterocycles. The van der Waals surface area contributed by atoms with Gasteiger partial charge in [-0.2, -0.15) is 17.6 Å². The first-order valence-corrected chi connectivity index (χ1v) is 7.10. The molecule has 0 radical (unpaired) electrons. The van der Waals surface area contributed by atoms with Gasteiger partial charge < -0.3 is 0 Å². The molecule has 0 aromatic carbocycles. The molecule has 2 aliphatic carbocycles. The van der Waals surface area contributed by atoms with Crippen LogP contribution in [0.15, 0.2) is 0 Å². The third-order valence-electron chi connectivity index (χ3n) is 5.84. The van der Waals surface area contributed by atoms with Crippen molar-refractivity contribution in [2.75, 3.05) is 0 Å². The number of alkyl halides is 10. The lowest BCUT2D eigenvalue weighted by molar-refractivity contribution is -0.443. The van der Waals surface area contributed by atoms with Crippen LogP contribution in [0.2, 0.25) is 0 Å². The zero-order chi connectivity index (χ0) is 19.4. The number of hydrogen-bond donors (Lipinski definition) is 0. The molecule has 2 rings (SSSR count). The van der Waals surface area contributed by atoms with E-state index in [9.17, 15) is 35.1 Å². The van der Waals surface area contributed by atoms with Crippen LogP contribution in [0, 0.1) is 0 Å². The third kappa shape index (κ3) is 1.43. The van der Waals surface area contributed by atoms with E-state index in [0.717, 1.165) is 0 Å². The van der Waals surface area contributed by atoms with E-state index in [4.69, 9.17) is 0 Å². The molecule has 0 amide bonds. The summed E-state index contributed by atoms with van der Waals surface area (Å²) in [6.45, 7) is -0.735. The van der Waals surface area contributed by atoms with Gasteiger partial charge in [-0.05, 0) is 40.5 Å². The minimum Gasteiger partial charge on any atom is -0.240 e. The monoisotopic (exact) mass is 374 g/mol. The van der Waals surface area contributed by atoms with E-state index < -0.39 is 72.5 Å². The fraction of sp³-hybridized carbons (Fsp3) is 1.00. The molecule has 0 spiro atoms. The summed E-state index contributed by atoms with van der Waals surface area (Å²) in [5.74, 6) is -12.3. The van der Waals surface area contributed by atoms with E-state index in [1.54, 1.807) is 0 Å². The second-order valence-corrected chi connectivity index (χ2v) is 7.37. The maximum absolute atomic E-state index is 15.4. The molecule has 0 nitrogen and oxygen atoms in total. The van der Waals surface area contributed by atoms with Gasteiger partial charge in [0.15, 0.2) is 0 Å². The molecule has 2 aliphatic rings. The molecule has 24 heavy (non-hydrogen) atoms. The molecule has 0 aliphatic heterocycles. The minimum absolute atomic E-state index is 0.129. The highest BCUT2D eigenvalue weighted by Gasteiger charge is 3.01. The van der Waals surface area contributed by atoms with E-state index in [2.05, 4.69) is 0 Å². The maximum Gasteiger partial charge on any atom is 0.349 e. The van der Waals surface area contributed by atoms with Gasteiger partial charge in [-0.15, -0.1) is 0 Å². The van der Waals surface area contributed by atoms with Crippen molar-refractivity contribution in [1.82, 2.24) is 0 Å². The van der Waals surface area contributed by atoms with Gasteiger partial charge in [0.05, 0.1) is 0 Å². The van der Waals surface area contributed by atoms with Gasteiger partial charge in [-0.1, -0.05) is 0 Å². The predicted octanol–water partition coefficient (Wildman–Crippen LogP) is 5.39. The Balaban J connectivity index is 3.04. The van der Waals surface area contributed by atoms with Crippen LogP contribution < -0.4 is 0 Å². The Kier molecular flexibility index (Phi) is 3.40. The summed E-state index contributed by atoms with van der Waals surface area (Å²) >= 11 is 0. The van der Waals surface area contributed by atoms with Gasteiger partial charge in [-0.3, -0.25) is 0 Å². The molecule has 0 bridgehead atoms. The van der Waals surface area contributed by atoms with Crippen molar-refractivity contribution in [3.05, 3.63) is 0 Å². The fourth-order valence-corrected chi connectivity index (χ4v) is 4.18. The normalized spacial score (nSPS) is 59.8. The van der Waals surface area contributed by atoms with Gasteiger partial charge in [0.25, 0.3) is 0 Å². The Morgan fingerprint density at radius 2 is 0.667 bits per heavy atom. The molecule has 2 fully saturated rings. The number of hydrogen-bond acceptors (Lipinski definition) is 0. The van der Waals surface area contributed by atoms with Crippen LogP contribution in [0.5, 0.6) is 0 Å². The average Bonchev–Trinajstić information content (AvgIpc) is 2.39. The second kappa shape index (κ2) is 4.16. The summed E-state index contributed by atoms with van der Waals surface area (Å²) in [7, 11) is 0. The molecule has 0 aromatic rings. The molecule has 10 heteroatoms. The second-order valence-electron chi connectivity index (χ2n) is 7.37. The molecule has 0 saturated heterocycles. The first-order valence-electron chi connectivity index (χ1n) is 7.10. The van der Waals surface area contributed by atoms with Gasteiger partial charge in [0.1, 0.15) is 11.3 Å². The Hall–Kier alpha value is -0.700. The number of fused-ring (bicyclic) bond motifs is 1. The Bertz CT molecular complexity index is 514. The van der Waals surface area contributed by atoms with Crippen LogP contribution in [0.25, 0.3) is 0 Å². The standard InChI is InChI=1S/C14H16F10/c1-7(15)5-6-8(2,16)12(20)10(4,18)14(23,24)13(21,22)9(3,17)11(7,12)19/h5-6H2,1-4H3. The highest BCUT2D eigenvalue weighted by atomic mass is 19.3. The predicted molar refractivity (Wildman–Crippen MR) is 64.9 cm³/mol. The van der Waals surface area contributed by atoms with E-state index in [1.165, 1.54) is 0 Å². The summed E-state index contributed by atoms with van der Waals surface area (Å²) in [6.07, 6.45) is -2.61. The summed E-state index contributed by atoms with van der Waals surface area (Å²) in [6, 6.07) is 0.